The van der Waals surface area contributed by atoms with Gasteiger partial charge in [0.25, 0.3) is 0 Å². The fourth-order valence-electron chi connectivity index (χ4n) is 1.17. The van der Waals surface area contributed by atoms with Gasteiger partial charge in [0.05, 0.1) is 24.7 Å². The molecular weight excluding hydrogens is 192 g/mol. The summed E-state index contributed by atoms with van der Waals surface area (Å²) in [7, 11) is 5.57. The number of nitrogens with one attached hydrogen (secondary N) is 1. The van der Waals surface area contributed by atoms with E-state index in [1.54, 1.807) is 19.5 Å². The van der Waals surface area contributed by atoms with Crippen molar-refractivity contribution in [2.45, 2.75) is 6.54 Å². The van der Waals surface area contributed by atoms with Gasteiger partial charge in [0.2, 0.25) is 0 Å². The number of nitrogens with zero attached hydrogens (tertiary/aromatic N) is 3. The maximum atomic E-state index is 5.00. The van der Waals surface area contributed by atoms with Gasteiger partial charge in [-0.3, -0.25) is 9.88 Å². The molecule has 1 rings (SSSR count). The zero-order chi connectivity index (χ0) is 11.1. The number of aromatic nitrogens is 2. The molecule has 0 radical (unpaired) electrons. The van der Waals surface area contributed by atoms with Crippen LogP contribution in [0.3, 0.4) is 0 Å². The van der Waals surface area contributed by atoms with E-state index < -0.39 is 0 Å². The standard InChI is InChI=1S/C10H18N4O/c1-11-10-7-12-9(6-13-10)8-14(2)4-5-15-3/h6-7H,4-5,8H2,1-3H3,(H,11,13). The van der Waals surface area contributed by atoms with Crippen LogP contribution in [-0.4, -0.2) is 49.2 Å². The highest BCUT2D eigenvalue weighted by molar-refractivity contribution is 5.29. The van der Waals surface area contributed by atoms with E-state index in [0.29, 0.717) is 0 Å². The molecule has 1 heterocycles. The van der Waals surface area contributed by atoms with Gasteiger partial charge >= 0.3 is 0 Å². The molecule has 0 bridgehead atoms. The van der Waals surface area contributed by atoms with E-state index in [9.17, 15) is 0 Å². The first kappa shape index (κ1) is 11.9. The van der Waals surface area contributed by atoms with E-state index >= 15 is 0 Å². The third-order valence-electron chi connectivity index (χ3n) is 2.07. The van der Waals surface area contributed by atoms with Gasteiger partial charge in [0.15, 0.2) is 0 Å². The molecule has 1 aromatic heterocycles. The van der Waals surface area contributed by atoms with Crippen molar-refractivity contribution in [3.8, 4) is 0 Å². The van der Waals surface area contributed by atoms with E-state index in [4.69, 9.17) is 4.74 Å². The van der Waals surface area contributed by atoms with Gasteiger partial charge in [0, 0.05) is 27.2 Å². The van der Waals surface area contributed by atoms with Crippen molar-refractivity contribution in [2.75, 3.05) is 39.7 Å². The molecule has 0 aliphatic carbocycles. The monoisotopic (exact) mass is 210 g/mol. The van der Waals surface area contributed by atoms with Gasteiger partial charge < -0.3 is 10.1 Å². The van der Waals surface area contributed by atoms with E-state index in [1.807, 2.05) is 14.1 Å². The predicted octanol–water partition coefficient (Wildman–Crippen LogP) is 0.596. The fourth-order valence-corrected chi connectivity index (χ4v) is 1.17. The summed E-state index contributed by atoms with van der Waals surface area (Å²) in [5.41, 5.74) is 0.965. The summed E-state index contributed by atoms with van der Waals surface area (Å²) in [5.74, 6) is 0.790. The highest BCUT2D eigenvalue weighted by atomic mass is 16.5. The number of likely N-dealkylation sites (N-methyl/N-ethyl adjacent to an activating group) is 1. The Hall–Kier alpha value is -1.20. The van der Waals surface area contributed by atoms with Gasteiger partial charge in [0.1, 0.15) is 5.82 Å². The van der Waals surface area contributed by atoms with Crippen molar-refractivity contribution >= 4 is 5.82 Å². The lowest BCUT2D eigenvalue weighted by atomic mass is 10.4. The molecule has 1 N–H and O–H groups in total. The Morgan fingerprint density at radius 1 is 1.40 bits per heavy atom. The van der Waals surface area contributed by atoms with Crippen molar-refractivity contribution in [3.63, 3.8) is 0 Å². The van der Waals surface area contributed by atoms with Crippen LogP contribution >= 0.6 is 0 Å². The van der Waals surface area contributed by atoms with Crippen molar-refractivity contribution in [2.24, 2.45) is 0 Å². The number of rotatable bonds is 6. The first-order valence-electron chi connectivity index (χ1n) is 4.92. The second kappa shape index (κ2) is 6.31. The minimum atomic E-state index is 0.735. The molecule has 5 nitrogen and oxygen atoms in total. The van der Waals surface area contributed by atoms with Gasteiger partial charge in [-0.25, -0.2) is 4.98 Å². The largest absolute Gasteiger partial charge is 0.383 e. The van der Waals surface area contributed by atoms with Crippen LogP contribution in [0.2, 0.25) is 0 Å². The first-order valence-corrected chi connectivity index (χ1v) is 4.92. The highest BCUT2D eigenvalue weighted by Gasteiger charge is 2.01. The number of hydrogen-bond acceptors (Lipinski definition) is 5. The van der Waals surface area contributed by atoms with Crippen molar-refractivity contribution < 1.29 is 4.74 Å². The van der Waals surface area contributed by atoms with Crippen molar-refractivity contribution in [1.29, 1.82) is 0 Å². The molecule has 84 valence electrons. The van der Waals surface area contributed by atoms with Crippen molar-refractivity contribution in [3.05, 3.63) is 18.1 Å². The lowest BCUT2D eigenvalue weighted by Crippen LogP contribution is -2.22. The van der Waals surface area contributed by atoms with Gasteiger partial charge in [-0.15, -0.1) is 0 Å². The Kier molecular flexibility index (Phi) is 5.00. The molecule has 15 heavy (non-hydrogen) atoms. The molecule has 0 fully saturated rings. The number of methoxy groups -OCH3 is 1. The van der Waals surface area contributed by atoms with E-state index in [0.717, 1.165) is 31.2 Å². The van der Waals surface area contributed by atoms with Crippen LogP contribution < -0.4 is 5.32 Å². The normalized spacial score (nSPS) is 10.7. The van der Waals surface area contributed by atoms with Crippen LogP contribution in [-0.2, 0) is 11.3 Å². The minimum Gasteiger partial charge on any atom is -0.383 e. The quantitative estimate of drug-likeness (QED) is 0.745. The Balaban J connectivity index is 2.42. The van der Waals surface area contributed by atoms with Gasteiger partial charge in [-0.2, -0.15) is 0 Å². The highest BCUT2D eigenvalue weighted by Crippen LogP contribution is 2.01. The first-order chi connectivity index (χ1) is 7.26. The summed E-state index contributed by atoms with van der Waals surface area (Å²) < 4.78 is 5.00. The van der Waals surface area contributed by atoms with E-state index in [2.05, 4.69) is 20.2 Å². The Morgan fingerprint density at radius 3 is 2.73 bits per heavy atom. The molecule has 0 atom stereocenters. The Morgan fingerprint density at radius 2 is 2.20 bits per heavy atom. The van der Waals surface area contributed by atoms with Crippen LogP contribution in [0.15, 0.2) is 12.4 Å². The molecule has 0 unspecified atom stereocenters. The fraction of sp³-hybridized carbons (Fsp3) is 0.600. The topological polar surface area (TPSA) is 50.3 Å². The van der Waals surface area contributed by atoms with Crippen LogP contribution in [0.4, 0.5) is 5.82 Å². The number of anilines is 1. The van der Waals surface area contributed by atoms with Crippen LogP contribution in [0.5, 0.6) is 0 Å². The van der Waals surface area contributed by atoms with Gasteiger partial charge in [-0.1, -0.05) is 0 Å². The smallest absolute Gasteiger partial charge is 0.144 e. The summed E-state index contributed by atoms with van der Waals surface area (Å²) >= 11 is 0. The molecular formula is C10H18N4O. The van der Waals surface area contributed by atoms with E-state index in [1.165, 1.54) is 0 Å². The molecule has 0 aliphatic heterocycles. The summed E-state index contributed by atoms with van der Waals surface area (Å²) in [5, 5.41) is 2.93. The second-order valence-corrected chi connectivity index (χ2v) is 3.37. The molecule has 0 saturated carbocycles. The zero-order valence-corrected chi connectivity index (χ0v) is 9.53. The minimum absolute atomic E-state index is 0.735. The molecule has 0 spiro atoms. The zero-order valence-electron chi connectivity index (χ0n) is 9.53. The molecule has 0 saturated heterocycles. The van der Waals surface area contributed by atoms with Crippen LogP contribution in [0.25, 0.3) is 0 Å². The third-order valence-corrected chi connectivity index (χ3v) is 2.07. The summed E-state index contributed by atoms with van der Waals surface area (Å²) in [6.07, 6.45) is 3.52. The Bertz CT molecular complexity index is 275. The predicted molar refractivity (Wildman–Crippen MR) is 59.8 cm³/mol. The lowest BCUT2D eigenvalue weighted by Gasteiger charge is -2.15. The molecule has 0 amide bonds. The Labute approximate surface area is 90.5 Å². The van der Waals surface area contributed by atoms with E-state index in [-0.39, 0.29) is 0 Å². The summed E-state index contributed by atoms with van der Waals surface area (Å²) in [4.78, 5) is 10.6. The number of hydrogen-bond donors (Lipinski definition) is 1. The van der Waals surface area contributed by atoms with Crippen LogP contribution in [0.1, 0.15) is 5.69 Å². The summed E-state index contributed by atoms with van der Waals surface area (Å²) in [6.45, 7) is 2.42. The molecule has 5 heteroatoms. The maximum absolute atomic E-state index is 5.00. The molecule has 0 aromatic carbocycles. The molecule has 0 aliphatic rings. The maximum Gasteiger partial charge on any atom is 0.144 e. The summed E-state index contributed by atoms with van der Waals surface area (Å²) in [6, 6.07) is 0. The third kappa shape index (κ3) is 4.22. The van der Waals surface area contributed by atoms with Crippen LogP contribution in [0, 0.1) is 0 Å². The van der Waals surface area contributed by atoms with Crippen molar-refractivity contribution in [1.82, 2.24) is 14.9 Å². The second-order valence-electron chi connectivity index (χ2n) is 3.37. The average Bonchev–Trinajstić information content (AvgIpc) is 2.27. The SMILES string of the molecule is CNc1cnc(CN(C)CCOC)cn1. The average molecular weight is 210 g/mol. The number of ether oxygens (including phenoxy) is 1. The van der Waals surface area contributed by atoms with Gasteiger partial charge in [-0.05, 0) is 7.05 Å². The lowest BCUT2D eigenvalue weighted by molar-refractivity contribution is 0.158. The molecule has 1 aromatic rings.